The van der Waals surface area contributed by atoms with E-state index in [4.69, 9.17) is 23.8 Å². The average Bonchev–Trinajstić information content (AvgIpc) is 2.88. The summed E-state index contributed by atoms with van der Waals surface area (Å²) < 4.78 is 1.07. The molecule has 0 radical (unpaired) electrons. The monoisotopic (exact) mass is 361 g/mol. The lowest BCUT2D eigenvalue weighted by molar-refractivity contribution is 0.0977. The Morgan fingerprint density at radius 2 is 2.09 bits per heavy atom. The molecule has 4 nitrogen and oxygen atoms in total. The van der Waals surface area contributed by atoms with Crippen molar-refractivity contribution in [3.63, 3.8) is 0 Å². The number of thiocarbonyl (C=S) groups is 1. The van der Waals surface area contributed by atoms with Gasteiger partial charge in [0.05, 0.1) is 10.2 Å². The van der Waals surface area contributed by atoms with E-state index in [1.165, 1.54) is 16.9 Å². The number of hydrogen-bond acceptors (Lipinski definition) is 4. The molecule has 0 aliphatic heterocycles. The molecule has 3 rings (SSSR count). The Bertz CT molecular complexity index is 907. The first kappa shape index (κ1) is 15.9. The van der Waals surface area contributed by atoms with Gasteiger partial charge < -0.3 is 5.32 Å². The van der Waals surface area contributed by atoms with Gasteiger partial charge in [-0.2, -0.15) is 0 Å². The standard InChI is InChI=1S/C16H12ClN3OS2/c1-9-5-6-12-13(7-9)23-16(18-12)20-15(22)19-14(21)10-3-2-4-11(17)8-10/h2-8H,1H3,(H2,18,19,20,21,22). The SMILES string of the molecule is Cc1ccc2nc(NC(=S)NC(=O)c3cccc(Cl)c3)sc2c1. The first-order chi connectivity index (χ1) is 11.0. The summed E-state index contributed by atoms with van der Waals surface area (Å²) in [7, 11) is 0. The Morgan fingerprint density at radius 3 is 2.87 bits per heavy atom. The van der Waals surface area contributed by atoms with Crippen LogP contribution < -0.4 is 10.6 Å². The molecule has 0 aliphatic carbocycles. The summed E-state index contributed by atoms with van der Waals surface area (Å²) in [6.45, 7) is 2.03. The van der Waals surface area contributed by atoms with Crippen LogP contribution in [0.15, 0.2) is 42.5 Å². The molecule has 116 valence electrons. The van der Waals surface area contributed by atoms with Crippen LogP contribution in [0.5, 0.6) is 0 Å². The smallest absolute Gasteiger partial charge is 0.257 e. The first-order valence-electron chi connectivity index (χ1n) is 6.76. The summed E-state index contributed by atoms with van der Waals surface area (Å²) >= 11 is 12.5. The molecule has 1 amide bonds. The molecule has 2 aromatic carbocycles. The number of hydrogen-bond donors (Lipinski definition) is 2. The number of nitrogens with zero attached hydrogens (tertiary/aromatic N) is 1. The molecule has 1 heterocycles. The van der Waals surface area contributed by atoms with E-state index >= 15 is 0 Å². The predicted octanol–water partition coefficient (Wildman–Crippen LogP) is 4.38. The van der Waals surface area contributed by atoms with Gasteiger partial charge in [0.15, 0.2) is 10.2 Å². The molecule has 0 saturated carbocycles. The molecule has 0 unspecified atom stereocenters. The third-order valence-corrected chi connectivity index (χ3v) is 4.45. The Hall–Kier alpha value is -2.02. The van der Waals surface area contributed by atoms with E-state index < -0.39 is 0 Å². The van der Waals surface area contributed by atoms with E-state index in [9.17, 15) is 4.79 Å². The highest BCUT2D eigenvalue weighted by atomic mass is 35.5. The van der Waals surface area contributed by atoms with Crippen LogP contribution >= 0.6 is 35.2 Å². The Balaban J connectivity index is 1.69. The van der Waals surface area contributed by atoms with Gasteiger partial charge in [-0.3, -0.25) is 10.1 Å². The lowest BCUT2D eigenvalue weighted by Gasteiger charge is -2.07. The van der Waals surface area contributed by atoms with Gasteiger partial charge in [-0.15, -0.1) is 0 Å². The maximum Gasteiger partial charge on any atom is 0.257 e. The molecule has 2 N–H and O–H groups in total. The first-order valence-corrected chi connectivity index (χ1v) is 8.36. The molecule has 3 aromatic rings. The molecule has 0 aliphatic rings. The van der Waals surface area contributed by atoms with Gasteiger partial charge in [0, 0.05) is 10.6 Å². The van der Waals surface area contributed by atoms with Crippen LogP contribution in [0, 0.1) is 6.92 Å². The number of benzene rings is 2. The minimum absolute atomic E-state index is 0.200. The largest absolute Gasteiger partial charge is 0.308 e. The van der Waals surface area contributed by atoms with Gasteiger partial charge in [-0.1, -0.05) is 35.1 Å². The van der Waals surface area contributed by atoms with Crippen LogP contribution in [-0.2, 0) is 0 Å². The van der Waals surface area contributed by atoms with Crippen LogP contribution in [0.4, 0.5) is 5.13 Å². The average molecular weight is 362 g/mol. The van der Waals surface area contributed by atoms with Gasteiger partial charge in [-0.25, -0.2) is 4.98 Å². The summed E-state index contributed by atoms with van der Waals surface area (Å²) in [4.78, 5) is 16.5. The van der Waals surface area contributed by atoms with Crippen molar-refractivity contribution in [3.8, 4) is 0 Å². The number of nitrogens with one attached hydrogen (secondary N) is 2. The van der Waals surface area contributed by atoms with Crippen molar-refractivity contribution >= 4 is 61.5 Å². The zero-order valence-electron chi connectivity index (χ0n) is 12.1. The highest BCUT2D eigenvalue weighted by Crippen LogP contribution is 2.26. The number of fused-ring (bicyclic) bond motifs is 1. The van der Waals surface area contributed by atoms with Crippen molar-refractivity contribution in [1.29, 1.82) is 0 Å². The fourth-order valence-electron chi connectivity index (χ4n) is 2.02. The maximum absolute atomic E-state index is 12.1. The van der Waals surface area contributed by atoms with Crippen molar-refractivity contribution in [2.45, 2.75) is 6.92 Å². The van der Waals surface area contributed by atoms with E-state index in [0.29, 0.717) is 15.7 Å². The second kappa shape index (κ2) is 6.62. The number of aryl methyl sites for hydroxylation is 1. The van der Waals surface area contributed by atoms with Crippen molar-refractivity contribution in [1.82, 2.24) is 10.3 Å². The highest BCUT2D eigenvalue weighted by Gasteiger charge is 2.10. The summed E-state index contributed by atoms with van der Waals surface area (Å²) in [5.41, 5.74) is 2.51. The van der Waals surface area contributed by atoms with Gasteiger partial charge in [-0.05, 0) is 55.0 Å². The number of amides is 1. The summed E-state index contributed by atoms with van der Waals surface area (Å²) in [6.07, 6.45) is 0. The summed E-state index contributed by atoms with van der Waals surface area (Å²) in [5.74, 6) is -0.318. The fourth-order valence-corrected chi connectivity index (χ4v) is 3.43. The van der Waals surface area contributed by atoms with E-state index in [2.05, 4.69) is 21.7 Å². The van der Waals surface area contributed by atoms with Crippen molar-refractivity contribution in [3.05, 3.63) is 58.6 Å². The van der Waals surface area contributed by atoms with Crippen molar-refractivity contribution in [2.24, 2.45) is 0 Å². The topological polar surface area (TPSA) is 54.0 Å². The zero-order valence-corrected chi connectivity index (χ0v) is 14.5. The zero-order chi connectivity index (χ0) is 16.4. The summed E-state index contributed by atoms with van der Waals surface area (Å²) in [5, 5.41) is 6.90. The minimum Gasteiger partial charge on any atom is -0.308 e. The van der Waals surface area contributed by atoms with Gasteiger partial charge in [0.1, 0.15) is 0 Å². The van der Waals surface area contributed by atoms with Crippen LogP contribution in [0.3, 0.4) is 0 Å². The van der Waals surface area contributed by atoms with E-state index in [-0.39, 0.29) is 11.0 Å². The van der Waals surface area contributed by atoms with E-state index in [1.807, 2.05) is 19.1 Å². The van der Waals surface area contributed by atoms with E-state index in [0.717, 1.165) is 10.2 Å². The number of rotatable bonds is 2. The van der Waals surface area contributed by atoms with Gasteiger partial charge >= 0.3 is 0 Å². The van der Waals surface area contributed by atoms with Crippen LogP contribution in [0.1, 0.15) is 15.9 Å². The van der Waals surface area contributed by atoms with Crippen LogP contribution in [0.25, 0.3) is 10.2 Å². The molecular formula is C16H12ClN3OS2. The third kappa shape index (κ3) is 3.85. The molecule has 0 saturated heterocycles. The van der Waals surface area contributed by atoms with E-state index in [1.54, 1.807) is 24.3 Å². The number of carbonyl (C=O) groups excluding carboxylic acids is 1. The van der Waals surface area contributed by atoms with Gasteiger partial charge in [0.25, 0.3) is 5.91 Å². The molecule has 0 fully saturated rings. The molecule has 7 heteroatoms. The number of aromatic nitrogens is 1. The second-order valence-corrected chi connectivity index (χ2v) is 6.78. The van der Waals surface area contributed by atoms with Crippen LogP contribution in [0.2, 0.25) is 5.02 Å². The Kier molecular flexibility index (Phi) is 4.56. The molecular weight excluding hydrogens is 350 g/mol. The highest BCUT2D eigenvalue weighted by molar-refractivity contribution is 7.80. The van der Waals surface area contributed by atoms with Gasteiger partial charge in [0.2, 0.25) is 0 Å². The lowest BCUT2D eigenvalue weighted by Crippen LogP contribution is -2.34. The predicted molar refractivity (Wildman–Crippen MR) is 99.5 cm³/mol. The minimum atomic E-state index is -0.318. The Labute approximate surface area is 147 Å². The Morgan fingerprint density at radius 1 is 1.26 bits per heavy atom. The van der Waals surface area contributed by atoms with Crippen molar-refractivity contribution in [2.75, 3.05) is 5.32 Å². The van der Waals surface area contributed by atoms with Crippen LogP contribution in [-0.4, -0.2) is 16.0 Å². The molecule has 0 spiro atoms. The molecule has 1 aromatic heterocycles. The number of thiazole rings is 1. The normalized spacial score (nSPS) is 10.5. The molecule has 0 bridgehead atoms. The van der Waals surface area contributed by atoms with Crippen molar-refractivity contribution < 1.29 is 4.79 Å². The molecule has 0 atom stereocenters. The quantitative estimate of drug-likeness (QED) is 0.665. The number of carbonyl (C=O) groups is 1. The number of anilines is 1. The fraction of sp³-hybridized carbons (Fsp3) is 0.0625. The number of halogens is 1. The summed E-state index contributed by atoms with van der Waals surface area (Å²) in [6, 6.07) is 12.7. The lowest BCUT2D eigenvalue weighted by atomic mass is 10.2. The third-order valence-electron chi connectivity index (χ3n) is 3.08. The molecule has 23 heavy (non-hydrogen) atoms. The second-order valence-electron chi connectivity index (χ2n) is 4.91. The maximum atomic E-state index is 12.1.